The molecule has 2 rings (SSSR count). The molecule has 0 aliphatic rings. The molecule has 112 valence electrons. The fraction of sp³-hybridized carbons (Fsp3) is 0.200. The fourth-order valence-corrected chi connectivity index (χ4v) is 3.83. The van der Waals surface area contributed by atoms with Gasteiger partial charge in [-0.3, -0.25) is 0 Å². The lowest BCUT2D eigenvalue weighted by molar-refractivity contribution is 0.466. The first kappa shape index (κ1) is 16.3. The van der Waals surface area contributed by atoms with Crippen LogP contribution in [0.1, 0.15) is 11.1 Å². The Labute approximate surface area is 135 Å². The van der Waals surface area contributed by atoms with E-state index in [9.17, 15) is 8.42 Å². The Kier molecular flexibility index (Phi) is 4.94. The van der Waals surface area contributed by atoms with Gasteiger partial charge in [0, 0.05) is 23.6 Å². The molecule has 0 heterocycles. The van der Waals surface area contributed by atoms with Crippen LogP contribution in [0.5, 0.6) is 0 Å². The molecule has 0 aliphatic heterocycles. The van der Waals surface area contributed by atoms with E-state index in [0.717, 1.165) is 0 Å². The van der Waals surface area contributed by atoms with Crippen molar-refractivity contribution in [1.82, 2.24) is 4.31 Å². The number of halogens is 2. The lowest BCUT2D eigenvalue weighted by Gasteiger charge is -2.19. The quantitative estimate of drug-likeness (QED) is 0.837. The fourth-order valence-electron chi connectivity index (χ4n) is 1.99. The van der Waals surface area contributed by atoms with Crippen molar-refractivity contribution in [2.45, 2.75) is 18.4 Å². The maximum Gasteiger partial charge on any atom is 0.243 e. The highest BCUT2D eigenvalue weighted by Crippen LogP contribution is 2.25. The van der Waals surface area contributed by atoms with E-state index in [1.807, 2.05) is 6.07 Å². The molecule has 0 amide bonds. The van der Waals surface area contributed by atoms with E-state index in [2.05, 4.69) is 0 Å². The van der Waals surface area contributed by atoms with Gasteiger partial charge in [-0.2, -0.15) is 4.31 Å². The third-order valence-corrected chi connectivity index (χ3v) is 5.74. The third kappa shape index (κ3) is 3.58. The highest BCUT2D eigenvalue weighted by molar-refractivity contribution is 7.89. The monoisotopic (exact) mass is 343 g/mol. The van der Waals surface area contributed by atoms with Crippen LogP contribution in [0, 0.1) is 6.92 Å². The molecule has 0 unspecified atom stereocenters. The second-order valence-electron chi connectivity index (χ2n) is 4.76. The first-order chi connectivity index (χ1) is 9.82. The molecule has 0 atom stereocenters. The molecule has 0 aromatic heterocycles. The molecule has 2 aromatic carbocycles. The van der Waals surface area contributed by atoms with Gasteiger partial charge < -0.3 is 0 Å². The van der Waals surface area contributed by atoms with Crippen LogP contribution in [0.4, 0.5) is 0 Å². The van der Waals surface area contributed by atoms with E-state index < -0.39 is 10.0 Å². The van der Waals surface area contributed by atoms with Crippen LogP contribution in [0.15, 0.2) is 47.4 Å². The number of hydrogen-bond donors (Lipinski definition) is 0. The van der Waals surface area contributed by atoms with Crippen LogP contribution < -0.4 is 0 Å². The van der Waals surface area contributed by atoms with E-state index in [1.54, 1.807) is 43.3 Å². The van der Waals surface area contributed by atoms with Crippen LogP contribution in [0.25, 0.3) is 0 Å². The van der Waals surface area contributed by atoms with E-state index >= 15 is 0 Å². The predicted molar refractivity (Wildman–Crippen MR) is 86.3 cm³/mol. The summed E-state index contributed by atoms with van der Waals surface area (Å²) in [4.78, 5) is 0.303. The molecule has 0 saturated carbocycles. The summed E-state index contributed by atoms with van der Waals surface area (Å²) in [5.74, 6) is 0. The molecule has 0 radical (unpaired) electrons. The number of rotatable bonds is 4. The average Bonchev–Trinajstić information content (AvgIpc) is 2.42. The smallest absolute Gasteiger partial charge is 0.207 e. The van der Waals surface area contributed by atoms with Gasteiger partial charge in [-0.25, -0.2) is 8.42 Å². The number of benzene rings is 2. The second-order valence-corrected chi connectivity index (χ2v) is 7.62. The van der Waals surface area contributed by atoms with E-state index in [4.69, 9.17) is 23.2 Å². The number of aryl methyl sites for hydroxylation is 1. The zero-order valence-electron chi connectivity index (χ0n) is 11.7. The summed E-state index contributed by atoms with van der Waals surface area (Å²) in [5.41, 5.74) is 1.42. The van der Waals surface area contributed by atoms with E-state index in [-0.39, 0.29) is 6.54 Å². The SMILES string of the molecule is Cc1ccccc1S(=O)(=O)N(C)Cc1ccc(Cl)cc1Cl. The van der Waals surface area contributed by atoms with Crippen molar-refractivity contribution in [1.29, 1.82) is 0 Å². The molecular weight excluding hydrogens is 329 g/mol. The first-order valence-corrected chi connectivity index (χ1v) is 8.48. The molecule has 2 aromatic rings. The summed E-state index contributed by atoms with van der Waals surface area (Å²) in [6, 6.07) is 11.9. The lowest BCUT2D eigenvalue weighted by atomic mass is 10.2. The molecule has 0 aliphatic carbocycles. The largest absolute Gasteiger partial charge is 0.243 e. The van der Waals surface area contributed by atoms with Crippen LogP contribution >= 0.6 is 23.2 Å². The zero-order chi connectivity index (χ0) is 15.6. The molecule has 6 heteroatoms. The summed E-state index contributed by atoms with van der Waals surface area (Å²) in [5, 5.41) is 0.975. The summed E-state index contributed by atoms with van der Waals surface area (Å²) in [6.45, 7) is 1.96. The van der Waals surface area contributed by atoms with E-state index in [1.165, 1.54) is 11.4 Å². The van der Waals surface area contributed by atoms with Crippen molar-refractivity contribution < 1.29 is 8.42 Å². The Morgan fingerprint density at radius 2 is 1.76 bits per heavy atom. The minimum Gasteiger partial charge on any atom is -0.207 e. The van der Waals surface area contributed by atoms with Crippen LogP contribution in [0.2, 0.25) is 10.0 Å². The van der Waals surface area contributed by atoms with Gasteiger partial charge in [-0.15, -0.1) is 0 Å². The third-order valence-electron chi connectivity index (χ3n) is 3.19. The number of sulfonamides is 1. The molecule has 21 heavy (non-hydrogen) atoms. The molecule has 0 fully saturated rings. The highest BCUT2D eigenvalue weighted by atomic mass is 35.5. The molecule has 0 bridgehead atoms. The second kappa shape index (κ2) is 6.36. The van der Waals surface area contributed by atoms with Crippen molar-refractivity contribution in [2.24, 2.45) is 0 Å². The van der Waals surface area contributed by atoms with Gasteiger partial charge in [-0.05, 0) is 36.2 Å². The number of nitrogens with zero attached hydrogens (tertiary/aromatic N) is 1. The maximum atomic E-state index is 12.6. The molecule has 0 N–H and O–H groups in total. The summed E-state index contributed by atoms with van der Waals surface area (Å²) in [7, 11) is -2.02. The van der Waals surface area contributed by atoms with Crippen LogP contribution in [-0.4, -0.2) is 19.8 Å². The van der Waals surface area contributed by atoms with Crippen LogP contribution in [-0.2, 0) is 16.6 Å². The normalized spacial score (nSPS) is 11.9. The zero-order valence-corrected chi connectivity index (χ0v) is 14.0. The van der Waals surface area contributed by atoms with Gasteiger partial charge in [0.05, 0.1) is 4.90 Å². The molecule has 0 spiro atoms. The van der Waals surface area contributed by atoms with Crippen molar-refractivity contribution in [3.05, 3.63) is 63.6 Å². The standard InChI is InChI=1S/C15H15Cl2NO2S/c1-11-5-3-4-6-15(11)21(19,20)18(2)10-12-7-8-13(16)9-14(12)17/h3-9H,10H2,1-2H3. The average molecular weight is 344 g/mol. The highest BCUT2D eigenvalue weighted by Gasteiger charge is 2.23. The predicted octanol–water partition coefficient (Wildman–Crippen LogP) is 4.12. The minimum atomic E-state index is -3.55. The van der Waals surface area contributed by atoms with Gasteiger partial charge in [0.2, 0.25) is 10.0 Å². The lowest BCUT2D eigenvalue weighted by Crippen LogP contribution is -2.27. The Hall–Kier alpha value is -1.07. The van der Waals surface area contributed by atoms with Gasteiger partial charge in [-0.1, -0.05) is 47.5 Å². The van der Waals surface area contributed by atoms with Crippen molar-refractivity contribution in [3.63, 3.8) is 0 Å². The molecule has 3 nitrogen and oxygen atoms in total. The number of hydrogen-bond acceptors (Lipinski definition) is 2. The first-order valence-electron chi connectivity index (χ1n) is 6.28. The van der Waals surface area contributed by atoms with Gasteiger partial charge in [0.25, 0.3) is 0 Å². The maximum absolute atomic E-state index is 12.6. The summed E-state index contributed by atoms with van der Waals surface area (Å²) >= 11 is 11.9. The Balaban J connectivity index is 2.31. The van der Waals surface area contributed by atoms with Crippen molar-refractivity contribution >= 4 is 33.2 Å². The Morgan fingerprint density at radius 1 is 1.10 bits per heavy atom. The van der Waals surface area contributed by atoms with Crippen LogP contribution in [0.3, 0.4) is 0 Å². The van der Waals surface area contributed by atoms with Crippen molar-refractivity contribution in [3.8, 4) is 0 Å². The van der Waals surface area contributed by atoms with Gasteiger partial charge in [0.1, 0.15) is 0 Å². The molecule has 0 saturated heterocycles. The Morgan fingerprint density at radius 3 is 2.38 bits per heavy atom. The molecular formula is C15H15Cl2NO2S. The van der Waals surface area contributed by atoms with E-state index in [0.29, 0.717) is 26.1 Å². The topological polar surface area (TPSA) is 37.4 Å². The van der Waals surface area contributed by atoms with Gasteiger partial charge >= 0.3 is 0 Å². The van der Waals surface area contributed by atoms with Gasteiger partial charge in [0.15, 0.2) is 0 Å². The Bertz CT molecular complexity index is 760. The minimum absolute atomic E-state index is 0.187. The summed E-state index contributed by atoms with van der Waals surface area (Å²) < 4.78 is 26.5. The summed E-state index contributed by atoms with van der Waals surface area (Å²) in [6.07, 6.45) is 0. The van der Waals surface area contributed by atoms with Crippen molar-refractivity contribution in [2.75, 3.05) is 7.05 Å².